The Morgan fingerprint density at radius 2 is 1.20 bits per heavy atom. The van der Waals surface area contributed by atoms with Gasteiger partial charge in [-0.1, -0.05) is 0 Å². The topological polar surface area (TPSA) is 17.1 Å². The van der Waals surface area contributed by atoms with E-state index in [1.807, 2.05) is 0 Å². The van der Waals surface area contributed by atoms with Crippen LogP contribution in [0.25, 0.3) is 0 Å². The van der Waals surface area contributed by atoms with Gasteiger partial charge in [-0.05, 0) is 0 Å². The fraction of sp³-hybridized carbons (Fsp3) is 0. The Morgan fingerprint density at radius 3 is 1.20 bits per heavy atom. The van der Waals surface area contributed by atoms with Crippen molar-refractivity contribution in [3.63, 3.8) is 0 Å². The SMILES string of the molecule is [BaH2].[O]=[Cu].[Pr].[Y]. The second-order valence-electron chi connectivity index (χ2n) is 0. The molecule has 5 heavy (non-hydrogen) atoms. The zero-order valence-electron chi connectivity index (χ0n) is 1.86. The van der Waals surface area contributed by atoms with Gasteiger partial charge in [-0.15, -0.1) is 0 Å². The molecule has 0 N–H and O–H groups in total. The summed E-state index contributed by atoms with van der Waals surface area (Å²) in [5.41, 5.74) is 0. The van der Waals surface area contributed by atoms with E-state index in [9.17, 15) is 0 Å². The van der Waals surface area contributed by atoms with Crippen LogP contribution < -0.4 is 0 Å². The summed E-state index contributed by atoms with van der Waals surface area (Å²) in [5, 5.41) is 0. The molecule has 0 spiro atoms. The molecule has 0 atom stereocenters. The van der Waals surface area contributed by atoms with Crippen LogP contribution in [0.4, 0.5) is 0 Å². The molecule has 1 nitrogen and oxygen atoms in total. The van der Waals surface area contributed by atoms with Crippen molar-refractivity contribution in [2.45, 2.75) is 0 Å². The smallest absolute Gasteiger partial charge is 0 e. The van der Waals surface area contributed by atoms with Gasteiger partial charge in [0.15, 0.2) is 0 Å². The predicted octanol–water partition coefficient (Wildman–Crippen LogP) is -1.04. The minimum absolute atomic E-state index is 0. The molecule has 5 heteroatoms. The summed E-state index contributed by atoms with van der Waals surface area (Å²) in [6.45, 7) is 0. The fourth-order valence-electron chi connectivity index (χ4n) is 0. The third kappa shape index (κ3) is 17.8. The van der Waals surface area contributed by atoms with Gasteiger partial charge < -0.3 is 0 Å². The minimum Gasteiger partial charge on any atom is 0 e. The Balaban J connectivity index is -0.00000000167. The first-order chi connectivity index (χ1) is 1.00. The van der Waals surface area contributed by atoms with E-state index in [2.05, 4.69) is 15.9 Å². The molecule has 0 aliphatic carbocycles. The number of hydrogen-bond acceptors (Lipinski definition) is 1. The Kier molecular flexibility index (Phi) is 109. The summed E-state index contributed by atoms with van der Waals surface area (Å²) in [4.78, 5) is 0. The second-order valence-corrected chi connectivity index (χ2v) is 0. The van der Waals surface area contributed by atoms with Gasteiger partial charge in [0.2, 0.25) is 0 Å². The summed E-state index contributed by atoms with van der Waals surface area (Å²) in [6.07, 6.45) is 0. The fourth-order valence-corrected chi connectivity index (χ4v) is 0. The summed E-state index contributed by atoms with van der Waals surface area (Å²) in [6, 6.07) is 0. The van der Waals surface area contributed by atoms with E-state index in [1.54, 1.807) is 0 Å². The van der Waals surface area contributed by atoms with Crippen LogP contribution in [0.1, 0.15) is 0 Å². The average molecular weight is 449 g/mol. The van der Waals surface area contributed by atoms with Gasteiger partial charge in [0, 0.05) is 74.0 Å². The van der Waals surface area contributed by atoms with Crippen LogP contribution in [-0.2, 0) is 52.5 Å². The van der Waals surface area contributed by atoms with Gasteiger partial charge in [-0.25, -0.2) is 0 Å². The standard InChI is InChI=1S/Ba.Cu.O.Pr.Y.2H. The molecular formula is H2BaCuOPrY. The molecule has 27 valence electrons. The van der Waals surface area contributed by atoms with E-state index >= 15 is 0 Å². The molecule has 0 amide bonds. The maximum atomic E-state index is 7.81. The second kappa shape index (κ2) is 23.8. The first kappa shape index (κ1) is 22.8. The molecule has 0 aromatic heterocycles. The predicted molar refractivity (Wildman–Crippen MR) is 9.23 cm³/mol. The van der Waals surface area contributed by atoms with Crippen molar-refractivity contribution >= 4 is 48.9 Å². The van der Waals surface area contributed by atoms with Crippen molar-refractivity contribution in [1.29, 1.82) is 0 Å². The van der Waals surface area contributed by atoms with Gasteiger partial charge in [0.1, 0.15) is 0 Å². The molecule has 0 aromatic rings. The van der Waals surface area contributed by atoms with E-state index in [0.29, 0.717) is 0 Å². The zero-order valence-corrected chi connectivity index (χ0v) is 9.35. The Morgan fingerprint density at radius 1 is 1.20 bits per heavy atom. The van der Waals surface area contributed by atoms with Crippen LogP contribution in [0.5, 0.6) is 0 Å². The molecule has 0 bridgehead atoms. The largest absolute Gasteiger partial charge is 0 e. The quantitative estimate of drug-likeness (QED) is 0.433. The van der Waals surface area contributed by atoms with E-state index < -0.39 is 0 Å². The van der Waals surface area contributed by atoms with Crippen LogP contribution in [0.3, 0.4) is 0 Å². The summed E-state index contributed by atoms with van der Waals surface area (Å²) in [5.74, 6) is 0. The van der Waals surface area contributed by atoms with E-state index in [4.69, 9.17) is 3.83 Å². The minimum atomic E-state index is 0. The van der Waals surface area contributed by atoms with Crippen molar-refractivity contribution in [3.05, 3.63) is 0 Å². The molecule has 2 radical (unpaired) electrons. The first-order valence-electron chi connectivity index (χ1n) is 0.123. The van der Waals surface area contributed by atoms with Crippen molar-refractivity contribution < 1.29 is 93.8 Å². The molecule has 0 aliphatic heterocycles. The molecule has 0 rings (SSSR count). The van der Waals surface area contributed by atoms with Gasteiger partial charge in [0.25, 0.3) is 0 Å². The summed E-state index contributed by atoms with van der Waals surface area (Å²) >= 11 is 2.94. The third-order valence-electron chi connectivity index (χ3n) is 0. The van der Waals surface area contributed by atoms with Crippen molar-refractivity contribution in [3.8, 4) is 0 Å². The maximum Gasteiger partial charge on any atom is 0 e. The van der Waals surface area contributed by atoms with Crippen molar-refractivity contribution in [2.75, 3.05) is 0 Å². The monoisotopic (exact) mass is 449 g/mol. The van der Waals surface area contributed by atoms with Crippen LogP contribution in [0.15, 0.2) is 0 Å². The van der Waals surface area contributed by atoms with Gasteiger partial charge >= 0.3 is 68.7 Å². The molecule has 0 fully saturated rings. The Bertz CT molecular complexity index is 11.6. The van der Waals surface area contributed by atoms with Crippen LogP contribution >= 0.6 is 0 Å². The molecular weight excluding hydrogens is 447 g/mol. The van der Waals surface area contributed by atoms with Gasteiger partial charge in [-0.2, -0.15) is 0 Å². The average Bonchev–Trinajstić information content (AvgIpc) is 1.00. The summed E-state index contributed by atoms with van der Waals surface area (Å²) in [7, 11) is 0. The van der Waals surface area contributed by atoms with E-state index in [0.717, 1.165) is 0 Å². The molecule has 0 saturated heterocycles. The number of hydrogen-bond donors (Lipinski definition) is 0. The molecule has 0 unspecified atom stereocenters. The Hall–Kier alpha value is 4.36. The molecule has 0 aliphatic rings. The first-order valence-corrected chi connectivity index (χ1v) is 0.508. The van der Waals surface area contributed by atoms with E-state index in [-0.39, 0.29) is 123 Å². The van der Waals surface area contributed by atoms with Crippen molar-refractivity contribution in [1.82, 2.24) is 0 Å². The third-order valence-corrected chi connectivity index (χ3v) is 0. The normalized spacial score (nSPS) is 1.20. The van der Waals surface area contributed by atoms with E-state index in [1.165, 1.54) is 0 Å². The van der Waals surface area contributed by atoms with Gasteiger partial charge in [-0.3, -0.25) is 0 Å². The Labute approximate surface area is 138 Å². The van der Waals surface area contributed by atoms with Crippen LogP contribution in [0.2, 0.25) is 0 Å². The van der Waals surface area contributed by atoms with Gasteiger partial charge in [0.05, 0.1) is 0 Å². The van der Waals surface area contributed by atoms with Crippen molar-refractivity contribution in [2.24, 2.45) is 0 Å². The molecule has 0 aromatic carbocycles. The maximum absolute atomic E-state index is 7.81. The molecule has 0 saturated carbocycles. The van der Waals surface area contributed by atoms with Crippen LogP contribution in [0, 0.1) is 41.3 Å². The number of rotatable bonds is 0. The zero-order chi connectivity index (χ0) is 2.00. The summed E-state index contributed by atoms with van der Waals surface area (Å²) < 4.78 is 7.81. The molecule has 0 heterocycles. The van der Waals surface area contributed by atoms with Crippen LogP contribution in [-0.4, -0.2) is 48.9 Å².